The summed E-state index contributed by atoms with van der Waals surface area (Å²) >= 11 is 3.38. The van der Waals surface area contributed by atoms with Crippen LogP contribution < -0.4 is 5.73 Å². The lowest BCUT2D eigenvalue weighted by molar-refractivity contribution is 0.665. The monoisotopic (exact) mass is 228 g/mol. The predicted molar refractivity (Wildman–Crippen MR) is 53.9 cm³/mol. The molecule has 12 heavy (non-hydrogen) atoms. The maximum Gasteiger partial charge on any atom is 0.0410 e. The highest BCUT2D eigenvalue weighted by atomic mass is 79.9. The SMILES string of the molecule is C[C@H](N)CCc1cncc(Br)c1. The minimum atomic E-state index is 0.268. The maximum atomic E-state index is 5.65. The fourth-order valence-electron chi connectivity index (χ4n) is 0.987. The third-order valence-electron chi connectivity index (χ3n) is 1.65. The first-order valence-electron chi connectivity index (χ1n) is 4.03. The first-order valence-corrected chi connectivity index (χ1v) is 4.83. The Hall–Kier alpha value is -0.410. The minimum Gasteiger partial charge on any atom is -0.328 e. The van der Waals surface area contributed by atoms with Crippen LogP contribution in [0.3, 0.4) is 0 Å². The fraction of sp³-hybridized carbons (Fsp3) is 0.444. The number of rotatable bonds is 3. The largest absolute Gasteiger partial charge is 0.328 e. The molecule has 0 unspecified atom stereocenters. The first kappa shape index (κ1) is 9.68. The van der Waals surface area contributed by atoms with Crippen molar-refractivity contribution in [2.45, 2.75) is 25.8 Å². The fourth-order valence-corrected chi connectivity index (χ4v) is 1.40. The summed E-state index contributed by atoms with van der Waals surface area (Å²) in [6.45, 7) is 2.02. The highest BCUT2D eigenvalue weighted by molar-refractivity contribution is 9.10. The smallest absolute Gasteiger partial charge is 0.0410 e. The van der Waals surface area contributed by atoms with Gasteiger partial charge in [-0.2, -0.15) is 0 Å². The van der Waals surface area contributed by atoms with Crippen LogP contribution in [0.2, 0.25) is 0 Å². The Kier molecular flexibility index (Phi) is 3.69. The van der Waals surface area contributed by atoms with Crippen LogP contribution in [0.4, 0.5) is 0 Å². The van der Waals surface area contributed by atoms with Crippen LogP contribution in [0.15, 0.2) is 22.9 Å². The van der Waals surface area contributed by atoms with E-state index in [0.717, 1.165) is 17.3 Å². The summed E-state index contributed by atoms with van der Waals surface area (Å²) in [5, 5.41) is 0. The van der Waals surface area contributed by atoms with Crippen LogP contribution in [0.5, 0.6) is 0 Å². The van der Waals surface area contributed by atoms with Gasteiger partial charge in [-0.1, -0.05) is 0 Å². The zero-order valence-corrected chi connectivity index (χ0v) is 8.71. The van der Waals surface area contributed by atoms with Gasteiger partial charge in [0, 0.05) is 22.9 Å². The second-order valence-electron chi connectivity index (χ2n) is 3.03. The average Bonchev–Trinajstić information content (AvgIpc) is 2.01. The molecule has 0 bridgehead atoms. The van der Waals surface area contributed by atoms with Gasteiger partial charge in [-0.15, -0.1) is 0 Å². The second kappa shape index (κ2) is 4.58. The van der Waals surface area contributed by atoms with Crippen molar-refractivity contribution in [3.8, 4) is 0 Å². The van der Waals surface area contributed by atoms with E-state index in [1.807, 2.05) is 13.1 Å². The number of pyridine rings is 1. The molecule has 66 valence electrons. The standard InChI is InChI=1S/C9H13BrN2/c1-7(11)2-3-8-4-9(10)6-12-5-8/h4-7H,2-3,11H2,1H3/t7-/m0/s1. The van der Waals surface area contributed by atoms with Crippen molar-refractivity contribution in [3.05, 3.63) is 28.5 Å². The molecule has 0 aliphatic heterocycles. The van der Waals surface area contributed by atoms with E-state index < -0.39 is 0 Å². The van der Waals surface area contributed by atoms with Gasteiger partial charge in [0.05, 0.1) is 0 Å². The molecule has 0 fully saturated rings. The Morgan fingerprint density at radius 2 is 2.33 bits per heavy atom. The Morgan fingerprint density at radius 3 is 2.92 bits per heavy atom. The normalized spacial score (nSPS) is 12.9. The van der Waals surface area contributed by atoms with E-state index in [1.165, 1.54) is 5.56 Å². The topological polar surface area (TPSA) is 38.9 Å². The molecular weight excluding hydrogens is 216 g/mol. The molecule has 0 saturated carbocycles. The molecule has 1 aromatic rings. The Morgan fingerprint density at radius 1 is 1.58 bits per heavy atom. The summed E-state index contributed by atoms with van der Waals surface area (Å²) in [6, 6.07) is 2.35. The quantitative estimate of drug-likeness (QED) is 0.862. The van der Waals surface area contributed by atoms with Gasteiger partial charge in [0.15, 0.2) is 0 Å². The second-order valence-corrected chi connectivity index (χ2v) is 3.94. The third kappa shape index (κ3) is 3.32. The molecule has 3 heteroatoms. The lowest BCUT2D eigenvalue weighted by atomic mass is 10.1. The van der Waals surface area contributed by atoms with E-state index in [4.69, 9.17) is 5.73 Å². The molecule has 0 spiro atoms. The van der Waals surface area contributed by atoms with Crippen molar-refractivity contribution < 1.29 is 0 Å². The molecule has 0 aromatic carbocycles. The third-order valence-corrected chi connectivity index (χ3v) is 2.08. The molecule has 1 atom stereocenters. The lowest BCUT2D eigenvalue weighted by Gasteiger charge is -2.04. The molecule has 2 N–H and O–H groups in total. The number of nitrogens with two attached hydrogens (primary N) is 1. The zero-order chi connectivity index (χ0) is 8.97. The van der Waals surface area contributed by atoms with Gasteiger partial charge in [-0.05, 0) is 47.3 Å². The number of hydrogen-bond acceptors (Lipinski definition) is 2. The number of hydrogen-bond donors (Lipinski definition) is 1. The van der Waals surface area contributed by atoms with Crippen LogP contribution in [-0.2, 0) is 6.42 Å². The average molecular weight is 229 g/mol. The van der Waals surface area contributed by atoms with E-state index in [1.54, 1.807) is 6.20 Å². The van der Waals surface area contributed by atoms with Gasteiger partial charge in [0.1, 0.15) is 0 Å². The van der Waals surface area contributed by atoms with E-state index in [9.17, 15) is 0 Å². The van der Waals surface area contributed by atoms with Gasteiger partial charge in [-0.25, -0.2) is 0 Å². The van der Waals surface area contributed by atoms with E-state index in [-0.39, 0.29) is 6.04 Å². The van der Waals surface area contributed by atoms with E-state index in [2.05, 4.69) is 27.0 Å². The molecule has 0 saturated heterocycles. The Bertz CT molecular complexity index is 248. The highest BCUT2D eigenvalue weighted by Gasteiger charge is 1.97. The summed E-state index contributed by atoms with van der Waals surface area (Å²) in [7, 11) is 0. The molecule has 0 aliphatic rings. The summed E-state index contributed by atoms with van der Waals surface area (Å²) in [4.78, 5) is 4.07. The van der Waals surface area contributed by atoms with Crippen molar-refractivity contribution >= 4 is 15.9 Å². The first-order chi connectivity index (χ1) is 5.68. The van der Waals surface area contributed by atoms with Crippen molar-refractivity contribution in [3.63, 3.8) is 0 Å². The van der Waals surface area contributed by atoms with Crippen LogP contribution >= 0.6 is 15.9 Å². The molecule has 0 aliphatic carbocycles. The molecule has 0 amide bonds. The molecule has 2 nitrogen and oxygen atoms in total. The molecule has 1 aromatic heterocycles. The molecule has 1 rings (SSSR count). The molecule has 0 radical (unpaired) electrons. The van der Waals surface area contributed by atoms with Crippen LogP contribution in [0.25, 0.3) is 0 Å². The number of halogens is 1. The summed E-state index contributed by atoms with van der Waals surface area (Å²) in [5.74, 6) is 0. The Labute approximate surface area is 81.3 Å². The van der Waals surface area contributed by atoms with Gasteiger partial charge in [0.2, 0.25) is 0 Å². The number of aromatic nitrogens is 1. The van der Waals surface area contributed by atoms with Crippen LogP contribution in [-0.4, -0.2) is 11.0 Å². The van der Waals surface area contributed by atoms with Crippen molar-refractivity contribution in [1.82, 2.24) is 4.98 Å². The van der Waals surface area contributed by atoms with Crippen LogP contribution in [0.1, 0.15) is 18.9 Å². The van der Waals surface area contributed by atoms with Crippen molar-refractivity contribution in [1.29, 1.82) is 0 Å². The number of aryl methyl sites for hydroxylation is 1. The summed E-state index contributed by atoms with van der Waals surface area (Å²) in [6.07, 6.45) is 5.69. The zero-order valence-electron chi connectivity index (χ0n) is 7.13. The van der Waals surface area contributed by atoms with E-state index >= 15 is 0 Å². The summed E-state index contributed by atoms with van der Waals surface area (Å²) in [5.41, 5.74) is 6.88. The van der Waals surface area contributed by atoms with Gasteiger partial charge in [0.25, 0.3) is 0 Å². The Balaban J connectivity index is 2.52. The van der Waals surface area contributed by atoms with Crippen LogP contribution in [0, 0.1) is 0 Å². The number of nitrogens with zero attached hydrogens (tertiary/aromatic N) is 1. The van der Waals surface area contributed by atoms with Crippen molar-refractivity contribution in [2.75, 3.05) is 0 Å². The van der Waals surface area contributed by atoms with Crippen molar-refractivity contribution in [2.24, 2.45) is 5.73 Å². The lowest BCUT2D eigenvalue weighted by Crippen LogP contribution is -2.15. The summed E-state index contributed by atoms with van der Waals surface area (Å²) < 4.78 is 1.03. The van der Waals surface area contributed by atoms with Gasteiger partial charge >= 0.3 is 0 Å². The van der Waals surface area contributed by atoms with E-state index in [0.29, 0.717) is 0 Å². The van der Waals surface area contributed by atoms with Gasteiger partial charge in [-0.3, -0.25) is 4.98 Å². The minimum absolute atomic E-state index is 0.268. The highest BCUT2D eigenvalue weighted by Crippen LogP contribution is 2.11. The molecule has 1 heterocycles. The molecular formula is C9H13BrN2. The maximum absolute atomic E-state index is 5.65. The van der Waals surface area contributed by atoms with Gasteiger partial charge < -0.3 is 5.73 Å². The predicted octanol–water partition coefficient (Wildman–Crippen LogP) is 2.12.